The normalized spacial score (nSPS) is 11.2. The Morgan fingerprint density at radius 3 is 2.43 bits per heavy atom. The van der Waals surface area contributed by atoms with Gasteiger partial charge in [-0.25, -0.2) is 5.14 Å². The number of benzene rings is 1. The van der Waals surface area contributed by atoms with Crippen molar-refractivity contribution in [3.63, 3.8) is 0 Å². The molecule has 2 aromatic rings. The van der Waals surface area contributed by atoms with Crippen LogP contribution in [0.1, 0.15) is 16.2 Å². The van der Waals surface area contributed by atoms with Crippen LogP contribution in [0.25, 0.3) is 0 Å². The Labute approximate surface area is 122 Å². The van der Waals surface area contributed by atoms with Gasteiger partial charge in [0.05, 0.1) is 5.69 Å². The molecule has 0 bridgehead atoms. The predicted octanol–water partition coefficient (Wildman–Crippen LogP) is 1.20. The molecule has 0 radical (unpaired) electrons. The van der Waals surface area contributed by atoms with Gasteiger partial charge in [0.15, 0.2) is 0 Å². The molecule has 1 amide bonds. The number of aromatic nitrogens is 1. The summed E-state index contributed by atoms with van der Waals surface area (Å²) < 4.78 is 25.9. The van der Waals surface area contributed by atoms with E-state index in [2.05, 4.69) is 10.0 Å². The van der Waals surface area contributed by atoms with Crippen molar-refractivity contribution in [1.29, 1.82) is 0 Å². The van der Waals surface area contributed by atoms with E-state index in [0.717, 1.165) is 5.69 Å². The van der Waals surface area contributed by atoms with Gasteiger partial charge >= 0.3 is 0 Å². The van der Waals surface area contributed by atoms with E-state index in [1.807, 2.05) is 13.0 Å². The second-order valence-corrected chi connectivity index (χ2v) is 5.90. The number of anilines is 2. The maximum absolute atomic E-state index is 12.1. The summed E-state index contributed by atoms with van der Waals surface area (Å²) in [4.78, 5) is 12.1. The molecular weight excluding hydrogens is 292 g/mol. The number of amides is 1. The topological polar surface area (TPSA) is 106 Å². The molecule has 4 N–H and O–H groups in total. The van der Waals surface area contributed by atoms with E-state index >= 15 is 0 Å². The van der Waals surface area contributed by atoms with Gasteiger partial charge in [0, 0.05) is 18.4 Å². The highest BCUT2D eigenvalue weighted by molar-refractivity contribution is 7.90. The van der Waals surface area contributed by atoms with Gasteiger partial charge in [-0.05, 0) is 37.3 Å². The fourth-order valence-electron chi connectivity index (χ4n) is 1.86. The Balaban J connectivity index is 2.18. The van der Waals surface area contributed by atoms with Crippen molar-refractivity contribution in [2.45, 2.75) is 6.92 Å². The van der Waals surface area contributed by atoms with Crippen molar-refractivity contribution < 1.29 is 13.2 Å². The molecule has 0 aliphatic heterocycles. The smallest absolute Gasteiger partial charge is 0.296 e. The maximum atomic E-state index is 12.1. The van der Waals surface area contributed by atoms with Crippen molar-refractivity contribution >= 4 is 27.5 Å². The monoisotopic (exact) mass is 308 g/mol. The summed E-state index contributed by atoms with van der Waals surface area (Å²) >= 11 is 0. The van der Waals surface area contributed by atoms with Gasteiger partial charge < -0.3 is 9.88 Å². The molecule has 0 aliphatic rings. The first kappa shape index (κ1) is 15.1. The van der Waals surface area contributed by atoms with Gasteiger partial charge in [0.25, 0.3) is 16.1 Å². The van der Waals surface area contributed by atoms with Gasteiger partial charge in [-0.15, -0.1) is 0 Å². The predicted molar refractivity (Wildman–Crippen MR) is 81.3 cm³/mol. The van der Waals surface area contributed by atoms with E-state index in [-0.39, 0.29) is 11.6 Å². The molecule has 112 valence electrons. The summed E-state index contributed by atoms with van der Waals surface area (Å²) in [7, 11) is -2.05. The third-order valence-corrected chi connectivity index (χ3v) is 3.51. The third-order valence-electron chi connectivity index (χ3n) is 2.99. The van der Waals surface area contributed by atoms with Crippen LogP contribution in [-0.4, -0.2) is 18.9 Å². The number of rotatable bonds is 4. The van der Waals surface area contributed by atoms with E-state index in [4.69, 9.17) is 5.14 Å². The van der Waals surface area contributed by atoms with Gasteiger partial charge in [-0.3, -0.25) is 9.52 Å². The molecule has 1 aromatic carbocycles. The van der Waals surface area contributed by atoms with Crippen LogP contribution in [0.4, 0.5) is 11.4 Å². The fraction of sp³-hybridized carbons (Fsp3) is 0.154. The lowest BCUT2D eigenvalue weighted by Crippen LogP contribution is -2.22. The minimum atomic E-state index is -3.84. The van der Waals surface area contributed by atoms with Crippen LogP contribution in [-0.2, 0) is 17.3 Å². The highest BCUT2D eigenvalue weighted by Crippen LogP contribution is 2.17. The first-order valence-corrected chi connectivity index (χ1v) is 7.65. The second-order valence-electron chi connectivity index (χ2n) is 4.60. The number of hydrogen-bond donors (Lipinski definition) is 3. The Kier molecular flexibility index (Phi) is 4.01. The van der Waals surface area contributed by atoms with Crippen LogP contribution in [0.5, 0.6) is 0 Å². The summed E-state index contributed by atoms with van der Waals surface area (Å²) in [6.45, 7) is 1.90. The fourth-order valence-corrected chi connectivity index (χ4v) is 2.32. The van der Waals surface area contributed by atoms with Gasteiger partial charge in [0.1, 0.15) is 5.69 Å². The minimum absolute atomic E-state index is 0.276. The molecule has 0 unspecified atom stereocenters. The van der Waals surface area contributed by atoms with Crippen LogP contribution in [0.3, 0.4) is 0 Å². The summed E-state index contributed by atoms with van der Waals surface area (Å²) in [6, 6.07) is 9.84. The molecule has 2 rings (SSSR count). The van der Waals surface area contributed by atoms with E-state index in [0.29, 0.717) is 11.4 Å². The average molecular weight is 308 g/mol. The minimum Gasteiger partial charge on any atom is -0.344 e. The zero-order valence-electron chi connectivity index (χ0n) is 11.6. The van der Waals surface area contributed by atoms with Crippen molar-refractivity contribution in [2.24, 2.45) is 12.2 Å². The van der Waals surface area contributed by atoms with Crippen LogP contribution in [0, 0.1) is 6.92 Å². The molecule has 0 saturated carbocycles. The second kappa shape index (κ2) is 5.58. The summed E-state index contributed by atoms with van der Waals surface area (Å²) in [5.74, 6) is -0.279. The zero-order chi connectivity index (χ0) is 15.6. The Morgan fingerprint density at radius 2 is 1.86 bits per heavy atom. The van der Waals surface area contributed by atoms with Gasteiger partial charge in [-0.1, -0.05) is 6.07 Å². The lowest BCUT2D eigenvalue weighted by molar-refractivity contribution is 0.101. The number of nitrogens with one attached hydrogen (secondary N) is 2. The van der Waals surface area contributed by atoms with E-state index < -0.39 is 10.2 Å². The Hall–Kier alpha value is -2.32. The average Bonchev–Trinajstić information content (AvgIpc) is 2.68. The number of carbonyl (C=O) groups excluding carboxylic acids is 1. The van der Waals surface area contributed by atoms with Crippen LogP contribution < -0.4 is 15.2 Å². The lowest BCUT2D eigenvalue weighted by Gasteiger charge is -2.09. The van der Waals surface area contributed by atoms with Crippen molar-refractivity contribution in [1.82, 2.24) is 4.57 Å². The molecule has 0 aliphatic carbocycles. The van der Waals surface area contributed by atoms with E-state index in [1.54, 1.807) is 29.8 Å². The number of hydrogen-bond acceptors (Lipinski definition) is 3. The number of carbonyl (C=O) groups is 1. The SMILES string of the molecule is Cc1ccc(C(=O)Nc2cccc(NS(N)(=O)=O)c2)n1C. The van der Waals surface area contributed by atoms with E-state index in [9.17, 15) is 13.2 Å². The highest BCUT2D eigenvalue weighted by Gasteiger charge is 2.11. The molecule has 7 nitrogen and oxygen atoms in total. The third kappa shape index (κ3) is 3.83. The molecule has 1 aromatic heterocycles. The van der Waals surface area contributed by atoms with Crippen LogP contribution >= 0.6 is 0 Å². The highest BCUT2D eigenvalue weighted by atomic mass is 32.2. The largest absolute Gasteiger partial charge is 0.344 e. The standard InChI is InChI=1S/C13H16N4O3S/c1-9-6-7-12(17(9)2)13(18)15-10-4-3-5-11(8-10)16-21(14,19)20/h3-8,16H,1-2H3,(H,15,18)(H2,14,19,20). The molecule has 0 atom stereocenters. The summed E-state index contributed by atoms with van der Waals surface area (Å²) in [5.41, 5.74) is 2.22. The maximum Gasteiger partial charge on any atom is 0.296 e. The van der Waals surface area contributed by atoms with Gasteiger partial charge in [0.2, 0.25) is 0 Å². The van der Waals surface area contributed by atoms with Crippen molar-refractivity contribution in [3.8, 4) is 0 Å². The summed E-state index contributed by atoms with van der Waals surface area (Å²) in [6.07, 6.45) is 0. The zero-order valence-corrected chi connectivity index (χ0v) is 12.4. The molecule has 0 spiro atoms. The number of aryl methyl sites for hydroxylation is 1. The Bertz CT molecular complexity index is 780. The molecule has 21 heavy (non-hydrogen) atoms. The number of nitrogens with zero attached hydrogens (tertiary/aromatic N) is 1. The molecule has 0 saturated heterocycles. The van der Waals surface area contributed by atoms with Crippen molar-refractivity contribution in [3.05, 3.63) is 47.8 Å². The quantitative estimate of drug-likeness (QED) is 0.790. The first-order chi connectivity index (χ1) is 9.76. The van der Waals surface area contributed by atoms with Gasteiger partial charge in [-0.2, -0.15) is 8.42 Å². The number of nitrogens with two attached hydrogens (primary N) is 1. The van der Waals surface area contributed by atoms with Crippen LogP contribution in [0.15, 0.2) is 36.4 Å². The molecular formula is C13H16N4O3S. The van der Waals surface area contributed by atoms with E-state index in [1.165, 1.54) is 12.1 Å². The van der Waals surface area contributed by atoms with Crippen molar-refractivity contribution in [2.75, 3.05) is 10.0 Å². The van der Waals surface area contributed by atoms with Crippen LogP contribution in [0.2, 0.25) is 0 Å². The molecule has 0 fully saturated rings. The Morgan fingerprint density at radius 1 is 1.19 bits per heavy atom. The summed E-state index contributed by atoms with van der Waals surface area (Å²) in [5, 5.41) is 7.61. The molecule has 1 heterocycles. The molecule has 8 heteroatoms. The lowest BCUT2D eigenvalue weighted by atomic mass is 10.2. The first-order valence-electron chi connectivity index (χ1n) is 6.10.